The van der Waals surface area contributed by atoms with E-state index in [4.69, 9.17) is 5.11 Å². The van der Waals surface area contributed by atoms with Gasteiger partial charge in [0.15, 0.2) is 0 Å². The summed E-state index contributed by atoms with van der Waals surface area (Å²) in [7, 11) is -3.77. The van der Waals surface area contributed by atoms with Crippen LogP contribution in [0.1, 0.15) is 24.4 Å². The zero-order valence-corrected chi connectivity index (χ0v) is 12.8. The molecular formula is C11H14N4O4S2. The lowest BCUT2D eigenvalue weighted by Gasteiger charge is -2.13. The number of nitrogens with one attached hydrogen (secondary N) is 1. The van der Waals surface area contributed by atoms with Gasteiger partial charge in [-0.1, -0.05) is 6.92 Å². The molecule has 2 aromatic heterocycles. The van der Waals surface area contributed by atoms with E-state index in [1.54, 1.807) is 11.6 Å². The Bertz CT molecular complexity index is 708. The molecule has 0 aliphatic carbocycles. The second-order valence-electron chi connectivity index (χ2n) is 4.22. The molecule has 0 bridgehead atoms. The molecular weight excluding hydrogens is 316 g/mol. The maximum absolute atomic E-state index is 12.3. The van der Waals surface area contributed by atoms with Gasteiger partial charge in [-0.2, -0.15) is 5.10 Å². The smallest absolute Gasteiger partial charge is 0.325 e. The van der Waals surface area contributed by atoms with Gasteiger partial charge < -0.3 is 5.11 Å². The van der Waals surface area contributed by atoms with Gasteiger partial charge in [-0.15, -0.1) is 11.3 Å². The van der Waals surface area contributed by atoms with Crippen LogP contribution in [-0.4, -0.2) is 34.3 Å². The van der Waals surface area contributed by atoms with E-state index >= 15 is 0 Å². The third kappa shape index (κ3) is 3.86. The SMILES string of the molecule is CCC(NS(=O)(=O)c1cnn(CC(=O)O)c1)c1nccs1. The van der Waals surface area contributed by atoms with Gasteiger partial charge in [-0.05, 0) is 6.42 Å². The molecule has 0 aromatic carbocycles. The second kappa shape index (κ2) is 6.33. The first-order valence-corrected chi connectivity index (χ1v) is 8.44. The number of hydrogen-bond acceptors (Lipinski definition) is 6. The number of thiazole rings is 1. The van der Waals surface area contributed by atoms with Crippen molar-refractivity contribution in [3.63, 3.8) is 0 Å². The summed E-state index contributed by atoms with van der Waals surface area (Å²) in [6.45, 7) is 1.46. The molecule has 2 heterocycles. The molecule has 0 saturated carbocycles. The van der Waals surface area contributed by atoms with Crippen LogP contribution < -0.4 is 4.72 Å². The highest BCUT2D eigenvalue weighted by Crippen LogP contribution is 2.21. The zero-order valence-electron chi connectivity index (χ0n) is 11.1. The minimum atomic E-state index is -3.77. The number of aromatic nitrogens is 3. The van der Waals surface area contributed by atoms with Crippen molar-refractivity contribution < 1.29 is 18.3 Å². The van der Waals surface area contributed by atoms with Crippen LogP contribution >= 0.6 is 11.3 Å². The number of sulfonamides is 1. The Labute approximate surface area is 125 Å². The van der Waals surface area contributed by atoms with Crippen LogP contribution in [0.15, 0.2) is 28.9 Å². The van der Waals surface area contributed by atoms with Crippen LogP contribution in [0.5, 0.6) is 0 Å². The van der Waals surface area contributed by atoms with Gasteiger partial charge in [0.2, 0.25) is 10.0 Å². The molecule has 2 rings (SSSR count). The lowest BCUT2D eigenvalue weighted by Crippen LogP contribution is -2.28. The van der Waals surface area contributed by atoms with Crippen molar-refractivity contribution in [2.45, 2.75) is 30.8 Å². The van der Waals surface area contributed by atoms with E-state index in [9.17, 15) is 13.2 Å². The van der Waals surface area contributed by atoms with Crippen LogP contribution in [0, 0.1) is 0 Å². The number of nitrogens with zero attached hydrogens (tertiary/aromatic N) is 3. The number of carboxylic acid groups (broad SMARTS) is 1. The van der Waals surface area contributed by atoms with Gasteiger partial charge in [-0.3, -0.25) is 9.48 Å². The van der Waals surface area contributed by atoms with Crippen LogP contribution in [0.4, 0.5) is 0 Å². The summed E-state index contributed by atoms with van der Waals surface area (Å²) in [6, 6.07) is -0.419. The molecule has 0 aliphatic rings. The molecule has 2 N–H and O–H groups in total. The molecule has 0 aliphatic heterocycles. The zero-order chi connectivity index (χ0) is 15.5. The first-order valence-electron chi connectivity index (χ1n) is 6.08. The Morgan fingerprint density at radius 3 is 2.90 bits per heavy atom. The molecule has 0 saturated heterocycles. The van der Waals surface area contributed by atoms with Crippen LogP contribution in [0.3, 0.4) is 0 Å². The summed E-state index contributed by atoms with van der Waals surface area (Å²) in [5, 5.41) is 14.8. The lowest BCUT2D eigenvalue weighted by atomic mass is 10.3. The molecule has 0 amide bonds. The van der Waals surface area contributed by atoms with Crippen molar-refractivity contribution >= 4 is 27.3 Å². The minimum Gasteiger partial charge on any atom is -0.480 e. The fourth-order valence-electron chi connectivity index (χ4n) is 1.68. The molecule has 1 unspecified atom stereocenters. The Morgan fingerprint density at radius 1 is 1.57 bits per heavy atom. The minimum absolute atomic E-state index is 0.0706. The number of hydrogen-bond donors (Lipinski definition) is 2. The van der Waals surface area contributed by atoms with Crippen LogP contribution in [0.2, 0.25) is 0 Å². The van der Waals surface area contributed by atoms with Gasteiger partial charge in [0.05, 0.1) is 12.2 Å². The highest BCUT2D eigenvalue weighted by molar-refractivity contribution is 7.89. The molecule has 2 aromatic rings. The van der Waals surface area contributed by atoms with E-state index in [-0.39, 0.29) is 11.4 Å². The van der Waals surface area contributed by atoms with Gasteiger partial charge >= 0.3 is 5.97 Å². The first-order chi connectivity index (χ1) is 9.92. The predicted molar refractivity (Wildman–Crippen MR) is 75.3 cm³/mol. The van der Waals surface area contributed by atoms with E-state index in [2.05, 4.69) is 14.8 Å². The Hall–Kier alpha value is -1.78. The Balaban J connectivity index is 2.17. The largest absolute Gasteiger partial charge is 0.480 e. The topological polar surface area (TPSA) is 114 Å². The third-order valence-corrected chi connectivity index (χ3v) is 4.99. The molecule has 21 heavy (non-hydrogen) atoms. The Kier molecular flexibility index (Phi) is 4.70. The van der Waals surface area contributed by atoms with E-state index in [0.717, 1.165) is 10.9 Å². The molecule has 0 radical (unpaired) electrons. The fraction of sp³-hybridized carbons (Fsp3) is 0.364. The number of aliphatic carboxylic acids is 1. The van der Waals surface area contributed by atoms with Crippen LogP contribution in [-0.2, 0) is 21.4 Å². The van der Waals surface area contributed by atoms with Crippen molar-refractivity contribution in [1.82, 2.24) is 19.5 Å². The molecule has 0 fully saturated rings. The van der Waals surface area contributed by atoms with Gasteiger partial charge in [0.25, 0.3) is 0 Å². The molecule has 10 heteroatoms. The normalized spacial score (nSPS) is 13.2. The number of rotatable bonds is 7. The monoisotopic (exact) mass is 330 g/mol. The predicted octanol–water partition coefficient (Wildman–Crippen LogP) is 0.854. The third-order valence-electron chi connectivity index (χ3n) is 2.67. The van der Waals surface area contributed by atoms with Gasteiger partial charge in [0.1, 0.15) is 16.4 Å². The van der Waals surface area contributed by atoms with Crippen molar-refractivity contribution in [2.75, 3.05) is 0 Å². The number of carboxylic acids is 1. The molecule has 8 nitrogen and oxygen atoms in total. The molecule has 1 atom stereocenters. The average molecular weight is 330 g/mol. The maximum Gasteiger partial charge on any atom is 0.325 e. The molecule has 114 valence electrons. The van der Waals surface area contributed by atoms with Gasteiger partial charge in [-0.25, -0.2) is 18.1 Å². The van der Waals surface area contributed by atoms with Gasteiger partial charge in [0, 0.05) is 17.8 Å². The quantitative estimate of drug-likeness (QED) is 0.778. The summed E-state index contributed by atoms with van der Waals surface area (Å²) < 4.78 is 28.1. The number of carbonyl (C=O) groups is 1. The summed E-state index contributed by atoms with van der Waals surface area (Å²) in [4.78, 5) is 14.6. The highest BCUT2D eigenvalue weighted by Gasteiger charge is 2.23. The van der Waals surface area contributed by atoms with Crippen molar-refractivity contribution in [2.24, 2.45) is 0 Å². The summed E-state index contributed by atoms with van der Waals surface area (Å²) >= 11 is 1.37. The average Bonchev–Trinajstić information content (AvgIpc) is 3.06. The summed E-state index contributed by atoms with van der Waals surface area (Å²) in [5.74, 6) is -1.09. The second-order valence-corrected chi connectivity index (χ2v) is 6.86. The van der Waals surface area contributed by atoms with Crippen LogP contribution in [0.25, 0.3) is 0 Å². The fourth-order valence-corrected chi connectivity index (χ4v) is 3.76. The van der Waals surface area contributed by atoms with E-state index < -0.39 is 22.0 Å². The summed E-state index contributed by atoms with van der Waals surface area (Å²) in [5.41, 5.74) is 0. The maximum atomic E-state index is 12.3. The van der Waals surface area contributed by atoms with Crippen molar-refractivity contribution in [3.05, 3.63) is 29.0 Å². The van der Waals surface area contributed by atoms with E-state index in [0.29, 0.717) is 11.4 Å². The highest BCUT2D eigenvalue weighted by atomic mass is 32.2. The summed E-state index contributed by atoms with van der Waals surface area (Å²) in [6.07, 6.45) is 4.47. The van der Waals surface area contributed by atoms with Crippen molar-refractivity contribution in [3.8, 4) is 0 Å². The standard InChI is InChI=1S/C11H14N4O4S2/c1-2-9(11-12-3-4-20-11)14-21(18,19)8-5-13-15(6-8)7-10(16)17/h3-6,9,14H,2,7H2,1H3,(H,16,17). The first kappa shape index (κ1) is 15.6. The van der Waals surface area contributed by atoms with E-state index in [1.807, 2.05) is 6.92 Å². The molecule has 0 spiro atoms. The van der Waals surface area contributed by atoms with Crippen molar-refractivity contribution in [1.29, 1.82) is 0 Å². The van der Waals surface area contributed by atoms with E-state index in [1.165, 1.54) is 17.5 Å². The lowest BCUT2D eigenvalue weighted by molar-refractivity contribution is -0.137. The Morgan fingerprint density at radius 2 is 2.33 bits per heavy atom.